The van der Waals surface area contributed by atoms with E-state index < -0.39 is 0 Å². The van der Waals surface area contributed by atoms with Gasteiger partial charge in [-0.1, -0.05) is 0 Å². The van der Waals surface area contributed by atoms with Crippen LogP contribution in [0.4, 0.5) is 0 Å². The lowest BCUT2D eigenvalue weighted by atomic mass is 10.2. The van der Waals surface area contributed by atoms with Crippen molar-refractivity contribution in [3.8, 4) is 5.88 Å². The standard InChI is InChI=1S/C17H23N3O2/c1-11-3-2-8-20(11)17(21)14-9-18-15(13-6-7-13)16(19-14)22-10-12-4-5-12/h9,11-13H,2-8,10H2,1H3/t11-/m0/s1. The van der Waals surface area contributed by atoms with E-state index in [9.17, 15) is 4.79 Å². The lowest BCUT2D eigenvalue weighted by Crippen LogP contribution is -2.34. The van der Waals surface area contributed by atoms with Crippen molar-refractivity contribution in [3.63, 3.8) is 0 Å². The van der Waals surface area contributed by atoms with Gasteiger partial charge in [-0.05, 0) is 51.4 Å². The van der Waals surface area contributed by atoms with Gasteiger partial charge in [0.2, 0.25) is 5.88 Å². The van der Waals surface area contributed by atoms with Crippen molar-refractivity contribution in [1.29, 1.82) is 0 Å². The van der Waals surface area contributed by atoms with Crippen LogP contribution in [-0.2, 0) is 0 Å². The molecule has 2 saturated carbocycles. The highest BCUT2D eigenvalue weighted by molar-refractivity contribution is 5.92. The van der Waals surface area contributed by atoms with Crippen molar-refractivity contribution in [2.24, 2.45) is 5.92 Å². The molecule has 3 aliphatic rings. The molecule has 1 saturated heterocycles. The number of likely N-dealkylation sites (tertiary alicyclic amines) is 1. The van der Waals surface area contributed by atoms with Gasteiger partial charge in [-0.2, -0.15) is 0 Å². The molecular weight excluding hydrogens is 278 g/mol. The highest BCUT2D eigenvalue weighted by Gasteiger charge is 2.33. The van der Waals surface area contributed by atoms with E-state index in [-0.39, 0.29) is 5.91 Å². The van der Waals surface area contributed by atoms with Crippen LogP contribution >= 0.6 is 0 Å². The maximum atomic E-state index is 12.6. The Morgan fingerprint density at radius 2 is 2.14 bits per heavy atom. The summed E-state index contributed by atoms with van der Waals surface area (Å²) in [5.74, 6) is 1.76. The third kappa shape index (κ3) is 2.81. The summed E-state index contributed by atoms with van der Waals surface area (Å²) in [6, 6.07) is 0.299. The van der Waals surface area contributed by atoms with E-state index in [4.69, 9.17) is 4.74 Å². The van der Waals surface area contributed by atoms with Crippen LogP contribution in [0, 0.1) is 5.92 Å². The molecule has 1 aliphatic heterocycles. The van der Waals surface area contributed by atoms with E-state index in [1.54, 1.807) is 6.20 Å². The Balaban J connectivity index is 1.56. The number of carbonyl (C=O) groups is 1. The van der Waals surface area contributed by atoms with Gasteiger partial charge in [0.15, 0.2) is 5.69 Å². The highest BCUT2D eigenvalue weighted by atomic mass is 16.5. The average Bonchev–Trinajstić information content (AvgIpc) is 3.44. The Labute approximate surface area is 131 Å². The minimum absolute atomic E-state index is 0.00359. The van der Waals surface area contributed by atoms with E-state index in [0.717, 1.165) is 37.9 Å². The molecule has 0 aromatic carbocycles. The molecule has 0 unspecified atom stereocenters. The monoisotopic (exact) mass is 301 g/mol. The van der Waals surface area contributed by atoms with Crippen LogP contribution in [0.5, 0.6) is 5.88 Å². The average molecular weight is 301 g/mol. The molecule has 3 fully saturated rings. The minimum atomic E-state index is -0.00359. The Kier molecular flexibility index (Phi) is 3.51. The number of carbonyl (C=O) groups excluding carboxylic acids is 1. The number of aromatic nitrogens is 2. The van der Waals surface area contributed by atoms with Crippen LogP contribution in [0.25, 0.3) is 0 Å². The predicted molar refractivity (Wildman–Crippen MR) is 82.0 cm³/mol. The Morgan fingerprint density at radius 1 is 1.32 bits per heavy atom. The second-order valence-electron chi connectivity index (χ2n) is 6.96. The molecule has 0 N–H and O–H groups in total. The first kappa shape index (κ1) is 14.0. The van der Waals surface area contributed by atoms with Crippen molar-refractivity contribution in [2.45, 2.75) is 57.4 Å². The first-order chi connectivity index (χ1) is 10.7. The van der Waals surface area contributed by atoms with Crippen molar-refractivity contribution in [1.82, 2.24) is 14.9 Å². The Hall–Kier alpha value is -1.65. The molecule has 0 bridgehead atoms. The summed E-state index contributed by atoms with van der Waals surface area (Å²) >= 11 is 0. The molecule has 2 heterocycles. The summed E-state index contributed by atoms with van der Waals surface area (Å²) in [5, 5.41) is 0. The summed E-state index contributed by atoms with van der Waals surface area (Å²) < 4.78 is 5.90. The van der Waals surface area contributed by atoms with Gasteiger partial charge in [0.25, 0.3) is 5.91 Å². The van der Waals surface area contributed by atoms with Gasteiger partial charge in [0, 0.05) is 18.5 Å². The number of ether oxygens (including phenoxy) is 1. The molecule has 4 rings (SSSR count). The molecule has 1 atom stereocenters. The van der Waals surface area contributed by atoms with E-state index in [0.29, 0.717) is 36.1 Å². The van der Waals surface area contributed by atoms with Crippen molar-refractivity contribution in [3.05, 3.63) is 17.6 Å². The second kappa shape index (κ2) is 5.52. The van der Waals surface area contributed by atoms with Crippen LogP contribution in [0.15, 0.2) is 6.20 Å². The molecule has 1 amide bonds. The predicted octanol–water partition coefficient (Wildman–Crippen LogP) is 2.77. The fraction of sp³-hybridized carbons (Fsp3) is 0.706. The normalized spacial score (nSPS) is 24.6. The quantitative estimate of drug-likeness (QED) is 0.839. The number of amides is 1. The lowest BCUT2D eigenvalue weighted by Gasteiger charge is -2.21. The second-order valence-corrected chi connectivity index (χ2v) is 6.96. The molecular formula is C17H23N3O2. The van der Waals surface area contributed by atoms with Gasteiger partial charge in [-0.25, -0.2) is 4.98 Å². The molecule has 2 aliphatic carbocycles. The number of hydrogen-bond acceptors (Lipinski definition) is 4. The molecule has 1 aromatic rings. The molecule has 118 valence electrons. The molecule has 22 heavy (non-hydrogen) atoms. The van der Waals surface area contributed by atoms with Crippen molar-refractivity contribution in [2.75, 3.05) is 13.2 Å². The zero-order chi connectivity index (χ0) is 15.1. The van der Waals surface area contributed by atoms with Crippen LogP contribution in [0.1, 0.15) is 67.5 Å². The topological polar surface area (TPSA) is 55.3 Å². The fourth-order valence-corrected chi connectivity index (χ4v) is 3.09. The summed E-state index contributed by atoms with van der Waals surface area (Å²) in [6.07, 6.45) is 8.60. The number of nitrogens with zero attached hydrogens (tertiary/aromatic N) is 3. The minimum Gasteiger partial charge on any atom is -0.476 e. The van der Waals surface area contributed by atoms with Gasteiger partial charge >= 0.3 is 0 Å². The summed E-state index contributed by atoms with van der Waals surface area (Å²) in [7, 11) is 0. The zero-order valence-corrected chi connectivity index (χ0v) is 13.1. The molecule has 5 nitrogen and oxygen atoms in total. The first-order valence-electron chi connectivity index (χ1n) is 8.53. The number of hydrogen-bond donors (Lipinski definition) is 0. The highest BCUT2D eigenvalue weighted by Crippen LogP contribution is 2.43. The maximum absolute atomic E-state index is 12.6. The van der Waals surface area contributed by atoms with Gasteiger partial charge < -0.3 is 9.64 Å². The SMILES string of the molecule is C[C@H]1CCCN1C(=O)c1cnc(C2CC2)c(OCC2CC2)n1. The van der Waals surface area contributed by atoms with E-state index >= 15 is 0 Å². The summed E-state index contributed by atoms with van der Waals surface area (Å²) in [5.41, 5.74) is 1.38. The van der Waals surface area contributed by atoms with Gasteiger partial charge in [-0.15, -0.1) is 0 Å². The molecule has 0 spiro atoms. The zero-order valence-electron chi connectivity index (χ0n) is 13.1. The lowest BCUT2D eigenvalue weighted by molar-refractivity contribution is 0.0739. The summed E-state index contributed by atoms with van der Waals surface area (Å²) in [6.45, 7) is 3.64. The van der Waals surface area contributed by atoms with E-state index in [1.165, 1.54) is 12.8 Å². The molecule has 1 aromatic heterocycles. The van der Waals surface area contributed by atoms with Crippen LogP contribution in [0.2, 0.25) is 0 Å². The number of rotatable bonds is 5. The van der Waals surface area contributed by atoms with Crippen LogP contribution in [-0.4, -0.2) is 40.0 Å². The first-order valence-corrected chi connectivity index (χ1v) is 8.53. The van der Waals surface area contributed by atoms with E-state index in [1.807, 2.05) is 4.90 Å². The van der Waals surface area contributed by atoms with Crippen LogP contribution < -0.4 is 4.74 Å². The largest absolute Gasteiger partial charge is 0.476 e. The van der Waals surface area contributed by atoms with Gasteiger partial charge in [-0.3, -0.25) is 9.78 Å². The Bertz CT molecular complexity index is 581. The third-order valence-electron chi connectivity index (χ3n) is 4.92. The Morgan fingerprint density at radius 3 is 2.77 bits per heavy atom. The third-order valence-corrected chi connectivity index (χ3v) is 4.92. The van der Waals surface area contributed by atoms with Crippen molar-refractivity contribution >= 4 is 5.91 Å². The van der Waals surface area contributed by atoms with Crippen LogP contribution in [0.3, 0.4) is 0 Å². The fourth-order valence-electron chi connectivity index (χ4n) is 3.09. The van der Waals surface area contributed by atoms with Gasteiger partial charge in [0.1, 0.15) is 5.69 Å². The van der Waals surface area contributed by atoms with Crippen molar-refractivity contribution < 1.29 is 9.53 Å². The smallest absolute Gasteiger partial charge is 0.274 e. The maximum Gasteiger partial charge on any atom is 0.274 e. The summed E-state index contributed by atoms with van der Waals surface area (Å²) in [4.78, 5) is 23.6. The molecule has 5 heteroatoms. The molecule has 0 radical (unpaired) electrons. The van der Waals surface area contributed by atoms with E-state index in [2.05, 4.69) is 16.9 Å². The van der Waals surface area contributed by atoms with Gasteiger partial charge in [0.05, 0.1) is 12.8 Å².